The van der Waals surface area contributed by atoms with Gasteiger partial charge in [0.1, 0.15) is 11.3 Å². The quantitative estimate of drug-likeness (QED) is 0.748. The van der Waals surface area contributed by atoms with Crippen LogP contribution >= 0.6 is 0 Å². The van der Waals surface area contributed by atoms with E-state index in [1.807, 2.05) is 13.0 Å². The Bertz CT molecular complexity index is 864. The average Bonchev–Trinajstić information content (AvgIpc) is 2.97. The van der Waals surface area contributed by atoms with Gasteiger partial charge >= 0.3 is 5.63 Å². The minimum absolute atomic E-state index is 0.102. The Morgan fingerprint density at radius 3 is 2.90 bits per heavy atom. The molecule has 3 aromatic rings. The average molecular weight is 283 g/mol. The van der Waals surface area contributed by atoms with E-state index in [9.17, 15) is 9.59 Å². The summed E-state index contributed by atoms with van der Waals surface area (Å²) in [6, 6.07) is 10.3. The van der Waals surface area contributed by atoms with Crippen molar-refractivity contribution in [2.24, 2.45) is 0 Å². The highest BCUT2D eigenvalue weighted by atomic mass is 16.4. The zero-order valence-corrected chi connectivity index (χ0v) is 11.4. The molecule has 0 bridgehead atoms. The summed E-state index contributed by atoms with van der Waals surface area (Å²) in [5.74, 6) is -0.440. The lowest BCUT2D eigenvalue weighted by Gasteiger charge is -2.03. The van der Waals surface area contributed by atoms with Gasteiger partial charge in [0.2, 0.25) is 0 Å². The molecule has 6 nitrogen and oxygen atoms in total. The molecule has 0 fully saturated rings. The van der Waals surface area contributed by atoms with E-state index in [1.54, 1.807) is 41.2 Å². The monoisotopic (exact) mass is 283 g/mol. The van der Waals surface area contributed by atoms with E-state index < -0.39 is 11.5 Å². The molecule has 0 atom stereocenters. The van der Waals surface area contributed by atoms with Gasteiger partial charge in [-0.2, -0.15) is 5.10 Å². The normalized spacial score (nSPS) is 10.7. The van der Waals surface area contributed by atoms with Gasteiger partial charge in [-0.25, -0.2) is 4.79 Å². The first-order chi connectivity index (χ1) is 10.2. The summed E-state index contributed by atoms with van der Waals surface area (Å²) in [5, 5.41) is 7.37. The van der Waals surface area contributed by atoms with E-state index in [-0.39, 0.29) is 11.4 Å². The number of aryl methyl sites for hydroxylation is 1. The molecule has 6 heteroatoms. The molecular formula is C15H13N3O3. The highest BCUT2D eigenvalue weighted by molar-refractivity contribution is 6.03. The Labute approximate surface area is 120 Å². The van der Waals surface area contributed by atoms with E-state index in [0.29, 0.717) is 12.1 Å². The Balaban J connectivity index is 1.92. The van der Waals surface area contributed by atoms with E-state index in [1.165, 1.54) is 0 Å². The number of rotatable bonds is 3. The highest BCUT2D eigenvalue weighted by Crippen LogP contribution is 2.15. The minimum atomic E-state index is -0.586. The van der Waals surface area contributed by atoms with Crippen molar-refractivity contribution >= 4 is 22.6 Å². The van der Waals surface area contributed by atoms with Crippen molar-refractivity contribution in [3.8, 4) is 0 Å². The second kappa shape index (κ2) is 5.24. The van der Waals surface area contributed by atoms with Crippen molar-refractivity contribution in [2.75, 3.05) is 5.32 Å². The van der Waals surface area contributed by atoms with Gasteiger partial charge in [-0.1, -0.05) is 18.2 Å². The van der Waals surface area contributed by atoms with Crippen LogP contribution in [0.2, 0.25) is 0 Å². The van der Waals surface area contributed by atoms with E-state index in [4.69, 9.17) is 4.42 Å². The summed E-state index contributed by atoms with van der Waals surface area (Å²) in [7, 11) is 0. The van der Waals surface area contributed by atoms with Gasteiger partial charge in [-0.05, 0) is 25.1 Å². The second-order valence-electron chi connectivity index (χ2n) is 4.50. The molecule has 0 aliphatic heterocycles. The molecule has 21 heavy (non-hydrogen) atoms. The Morgan fingerprint density at radius 2 is 2.14 bits per heavy atom. The van der Waals surface area contributed by atoms with Gasteiger partial charge in [0.05, 0.1) is 0 Å². The van der Waals surface area contributed by atoms with Crippen molar-refractivity contribution in [3.63, 3.8) is 0 Å². The third-order valence-corrected chi connectivity index (χ3v) is 3.09. The number of anilines is 1. The van der Waals surface area contributed by atoms with Crippen LogP contribution in [0.15, 0.2) is 51.8 Å². The van der Waals surface area contributed by atoms with Gasteiger partial charge < -0.3 is 9.73 Å². The lowest BCUT2D eigenvalue weighted by molar-refractivity contribution is 0.102. The first-order valence-corrected chi connectivity index (χ1v) is 6.55. The zero-order chi connectivity index (χ0) is 14.8. The molecule has 1 N–H and O–H groups in total. The fourth-order valence-corrected chi connectivity index (χ4v) is 1.99. The molecule has 2 heterocycles. The summed E-state index contributed by atoms with van der Waals surface area (Å²) >= 11 is 0. The maximum absolute atomic E-state index is 12.1. The number of benzene rings is 1. The van der Waals surface area contributed by atoms with Crippen molar-refractivity contribution in [3.05, 3.63) is 58.7 Å². The van der Waals surface area contributed by atoms with Gasteiger partial charge in [0.15, 0.2) is 5.69 Å². The number of carbonyl (C=O) groups excluding carboxylic acids is 1. The van der Waals surface area contributed by atoms with Crippen LogP contribution in [0.4, 0.5) is 5.69 Å². The zero-order valence-electron chi connectivity index (χ0n) is 11.4. The Morgan fingerprint density at radius 1 is 1.33 bits per heavy atom. The van der Waals surface area contributed by atoms with Crippen LogP contribution in [0.3, 0.4) is 0 Å². The standard InChI is InChI=1S/C15H13N3O3/c1-2-18-8-7-11(17-18)14(19)16-12-9-10-5-3-4-6-13(10)21-15(12)20/h3-9H,2H2,1H3,(H,16,19). The lowest BCUT2D eigenvalue weighted by Crippen LogP contribution is -2.18. The summed E-state index contributed by atoms with van der Waals surface area (Å²) in [4.78, 5) is 23.9. The van der Waals surface area contributed by atoms with Gasteiger partial charge in [-0.3, -0.25) is 9.48 Å². The number of hydrogen-bond acceptors (Lipinski definition) is 4. The van der Waals surface area contributed by atoms with Gasteiger partial charge in [0.25, 0.3) is 5.91 Å². The van der Waals surface area contributed by atoms with Crippen LogP contribution in [0, 0.1) is 0 Å². The van der Waals surface area contributed by atoms with Crippen molar-refractivity contribution in [1.29, 1.82) is 0 Å². The maximum atomic E-state index is 12.1. The largest absolute Gasteiger partial charge is 0.421 e. The molecule has 0 saturated heterocycles. The van der Waals surface area contributed by atoms with Crippen molar-refractivity contribution in [1.82, 2.24) is 9.78 Å². The van der Waals surface area contributed by atoms with E-state index in [2.05, 4.69) is 10.4 Å². The number of nitrogens with one attached hydrogen (secondary N) is 1. The van der Waals surface area contributed by atoms with Crippen molar-refractivity contribution < 1.29 is 9.21 Å². The smallest absolute Gasteiger partial charge is 0.360 e. The number of amides is 1. The van der Waals surface area contributed by atoms with E-state index in [0.717, 1.165) is 5.39 Å². The maximum Gasteiger partial charge on any atom is 0.360 e. The number of hydrogen-bond donors (Lipinski definition) is 1. The number of carbonyl (C=O) groups is 1. The van der Waals surface area contributed by atoms with Crippen LogP contribution in [-0.2, 0) is 6.54 Å². The topological polar surface area (TPSA) is 77.1 Å². The highest BCUT2D eigenvalue weighted by Gasteiger charge is 2.13. The third-order valence-electron chi connectivity index (χ3n) is 3.09. The number of aromatic nitrogens is 2. The third kappa shape index (κ3) is 2.55. The first-order valence-electron chi connectivity index (χ1n) is 6.55. The molecule has 0 unspecified atom stereocenters. The number of nitrogens with zero attached hydrogens (tertiary/aromatic N) is 2. The molecule has 106 valence electrons. The summed E-state index contributed by atoms with van der Waals surface area (Å²) in [5.41, 5.74) is 0.252. The molecule has 1 amide bonds. The minimum Gasteiger partial charge on any atom is -0.421 e. The fourth-order valence-electron chi connectivity index (χ4n) is 1.99. The molecule has 0 saturated carbocycles. The SMILES string of the molecule is CCn1ccc(C(=O)Nc2cc3ccccc3oc2=O)n1. The van der Waals surface area contributed by atoms with Crippen molar-refractivity contribution in [2.45, 2.75) is 13.5 Å². The van der Waals surface area contributed by atoms with E-state index >= 15 is 0 Å². The van der Waals surface area contributed by atoms with Crippen LogP contribution < -0.4 is 10.9 Å². The summed E-state index contributed by atoms with van der Waals surface area (Å²) < 4.78 is 6.80. The van der Waals surface area contributed by atoms with Gasteiger partial charge in [-0.15, -0.1) is 0 Å². The Hall–Kier alpha value is -2.89. The Kier molecular flexibility index (Phi) is 3.27. The first kappa shape index (κ1) is 13.1. The number of para-hydroxylation sites is 1. The molecule has 2 aromatic heterocycles. The molecule has 1 aromatic carbocycles. The summed E-state index contributed by atoms with van der Waals surface area (Å²) in [6.45, 7) is 2.60. The lowest BCUT2D eigenvalue weighted by atomic mass is 10.2. The summed E-state index contributed by atoms with van der Waals surface area (Å²) in [6.07, 6.45) is 1.71. The number of fused-ring (bicyclic) bond motifs is 1. The van der Waals surface area contributed by atoms with Gasteiger partial charge in [0, 0.05) is 18.1 Å². The van der Waals surface area contributed by atoms with Crippen LogP contribution in [-0.4, -0.2) is 15.7 Å². The molecule has 3 rings (SSSR count). The molecule has 0 aliphatic rings. The molecule has 0 radical (unpaired) electrons. The fraction of sp³-hybridized carbons (Fsp3) is 0.133. The molecular weight excluding hydrogens is 270 g/mol. The van der Waals surface area contributed by atoms with Crippen LogP contribution in [0.1, 0.15) is 17.4 Å². The second-order valence-corrected chi connectivity index (χ2v) is 4.50. The molecule has 0 spiro atoms. The predicted molar refractivity (Wildman–Crippen MR) is 78.3 cm³/mol. The van der Waals surface area contributed by atoms with Crippen LogP contribution in [0.25, 0.3) is 11.0 Å². The molecule has 0 aliphatic carbocycles. The van der Waals surface area contributed by atoms with Crippen LogP contribution in [0.5, 0.6) is 0 Å². The predicted octanol–water partition coefficient (Wildman–Crippen LogP) is 2.26.